The van der Waals surface area contributed by atoms with Gasteiger partial charge in [-0.3, -0.25) is 14.6 Å². The molecule has 2 amide bonds. The van der Waals surface area contributed by atoms with Crippen molar-refractivity contribution >= 4 is 28.8 Å². The summed E-state index contributed by atoms with van der Waals surface area (Å²) >= 11 is 1.15. The molecule has 3 rings (SSSR count). The molecule has 0 radical (unpaired) electrons. The molecule has 0 saturated heterocycles. The van der Waals surface area contributed by atoms with Crippen molar-refractivity contribution in [3.63, 3.8) is 0 Å². The maximum absolute atomic E-state index is 12.6. The van der Waals surface area contributed by atoms with Crippen LogP contribution in [-0.4, -0.2) is 16.8 Å². The van der Waals surface area contributed by atoms with Crippen molar-refractivity contribution in [3.05, 3.63) is 81.8 Å². The molecule has 2 aromatic heterocycles. The zero-order valence-corrected chi connectivity index (χ0v) is 15.1. The quantitative estimate of drug-likeness (QED) is 0.663. The molecule has 0 unspecified atom stereocenters. The van der Waals surface area contributed by atoms with Gasteiger partial charge < -0.3 is 10.6 Å². The Balaban J connectivity index is 1.63. The monoisotopic (exact) mass is 405 g/mol. The number of hydrogen-bond donors (Lipinski definition) is 2. The van der Waals surface area contributed by atoms with Crippen molar-refractivity contribution < 1.29 is 22.8 Å². The fraction of sp³-hybridized carbons (Fsp3) is 0.105. The van der Waals surface area contributed by atoms with Gasteiger partial charge in [0.2, 0.25) is 0 Å². The van der Waals surface area contributed by atoms with Crippen LogP contribution in [0.5, 0.6) is 0 Å². The molecule has 5 nitrogen and oxygen atoms in total. The summed E-state index contributed by atoms with van der Waals surface area (Å²) in [5, 5.41) is 6.97. The van der Waals surface area contributed by atoms with Crippen LogP contribution >= 0.6 is 11.3 Å². The normalized spacial score (nSPS) is 11.1. The van der Waals surface area contributed by atoms with Crippen LogP contribution in [0.25, 0.3) is 0 Å². The number of pyridine rings is 1. The van der Waals surface area contributed by atoms with Gasteiger partial charge in [-0.2, -0.15) is 13.2 Å². The minimum atomic E-state index is -4.40. The molecule has 144 valence electrons. The molecule has 1 aromatic carbocycles. The van der Waals surface area contributed by atoms with Gasteiger partial charge in [0.15, 0.2) is 0 Å². The molecule has 2 N–H and O–H groups in total. The lowest BCUT2D eigenvalue weighted by molar-refractivity contribution is -0.137. The lowest BCUT2D eigenvalue weighted by Gasteiger charge is -2.09. The number of hydrogen-bond acceptors (Lipinski definition) is 4. The van der Waals surface area contributed by atoms with E-state index in [1.165, 1.54) is 24.5 Å². The second kappa shape index (κ2) is 8.22. The molecule has 0 aliphatic carbocycles. The van der Waals surface area contributed by atoms with Crippen molar-refractivity contribution in [2.45, 2.75) is 12.7 Å². The van der Waals surface area contributed by atoms with Crippen molar-refractivity contribution in [2.75, 3.05) is 5.32 Å². The average molecular weight is 405 g/mol. The number of carbonyl (C=O) groups is 2. The third kappa shape index (κ3) is 4.74. The summed E-state index contributed by atoms with van der Waals surface area (Å²) in [6, 6.07) is 9.25. The zero-order chi connectivity index (χ0) is 20.1. The number of carbonyl (C=O) groups excluding carboxylic acids is 2. The first-order chi connectivity index (χ1) is 13.3. The second-order valence-electron chi connectivity index (χ2n) is 5.73. The van der Waals surface area contributed by atoms with Gasteiger partial charge in [0.05, 0.1) is 11.3 Å². The molecule has 0 atom stereocenters. The molecule has 0 fully saturated rings. The van der Waals surface area contributed by atoms with Gasteiger partial charge in [-0.25, -0.2) is 0 Å². The van der Waals surface area contributed by atoms with Crippen LogP contribution in [0.15, 0.2) is 60.2 Å². The Morgan fingerprint density at radius 1 is 0.964 bits per heavy atom. The van der Waals surface area contributed by atoms with E-state index in [9.17, 15) is 22.8 Å². The highest BCUT2D eigenvalue weighted by atomic mass is 32.1. The van der Waals surface area contributed by atoms with E-state index in [-0.39, 0.29) is 12.5 Å². The standard InChI is InChI=1S/C19H14F3N3O2S/c20-19(21,22)14-3-1-12(2-4-14)11-24-18(27)16-15(7-10-28-16)25-17(26)13-5-8-23-9-6-13/h1-10H,11H2,(H,24,27)(H,25,26). The third-order valence-electron chi connectivity index (χ3n) is 3.80. The first-order valence-electron chi connectivity index (χ1n) is 8.08. The number of nitrogens with one attached hydrogen (secondary N) is 2. The van der Waals surface area contributed by atoms with Crippen molar-refractivity contribution in [1.29, 1.82) is 0 Å². The molecule has 0 spiro atoms. The average Bonchev–Trinajstić information content (AvgIpc) is 3.14. The van der Waals surface area contributed by atoms with E-state index in [1.54, 1.807) is 23.6 Å². The highest BCUT2D eigenvalue weighted by Crippen LogP contribution is 2.29. The van der Waals surface area contributed by atoms with Crippen molar-refractivity contribution in [1.82, 2.24) is 10.3 Å². The van der Waals surface area contributed by atoms with E-state index >= 15 is 0 Å². The lowest BCUT2D eigenvalue weighted by Crippen LogP contribution is -2.23. The third-order valence-corrected chi connectivity index (χ3v) is 4.71. The molecular formula is C19H14F3N3O2S. The topological polar surface area (TPSA) is 71.1 Å². The molecule has 28 heavy (non-hydrogen) atoms. The number of amides is 2. The first-order valence-corrected chi connectivity index (χ1v) is 8.96. The number of benzene rings is 1. The van der Waals surface area contributed by atoms with Gasteiger partial charge in [0, 0.05) is 24.5 Å². The molecule has 0 aliphatic rings. The fourth-order valence-electron chi connectivity index (χ4n) is 2.36. The van der Waals surface area contributed by atoms with E-state index < -0.39 is 17.6 Å². The van der Waals surface area contributed by atoms with Crippen molar-refractivity contribution in [3.8, 4) is 0 Å². The summed E-state index contributed by atoms with van der Waals surface area (Å²) < 4.78 is 37.8. The first kappa shape index (κ1) is 19.6. The predicted octanol–water partition coefficient (Wildman–Crippen LogP) is 4.34. The number of anilines is 1. The maximum atomic E-state index is 12.6. The molecule has 0 aliphatic heterocycles. The molecular weight excluding hydrogens is 391 g/mol. The van der Waals surface area contributed by atoms with Gasteiger partial charge in [0.1, 0.15) is 4.88 Å². The SMILES string of the molecule is O=C(Nc1ccsc1C(=O)NCc1ccc(C(F)(F)F)cc1)c1ccncc1. The molecule has 2 heterocycles. The maximum Gasteiger partial charge on any atom is 0.416 e. The van der Waals surface area contributed by atoms with Crippen LogP contribution in [-0.2, 0) is 12.7 Å². The van der Waals surface area contributed by atoms with Gasteiger partial charge >= 0.3 is 6.18 Å². The Morgan fingerprint density at radius 2 is 1.64 bits per heavy atom. The molecule has 0 bridgehead atoms. The Labute approximate surface area is 162 Å². The minimum Gasteiger partial charge on any atom is -0.347 e. The van der Waals surface area contributed by atoms with E-state index in [1.807, 2.05) is 0 Å². The van der Waals surface area contributed by atoms with Crippen molar-refractivity contribution in [2.24, 2.45) is 0 Å². The smallest absolute Gasteiger partial charge is 0.347 e. The van der Waals surface area contributed by atoms with Crippen LogP contribution in [0.3, 0.4) is 0 Å². The van der Waals surface area contributed by atoms with E-state index in [4.69, 9.17) is 0 Å². The summed E-state index contributed by atoms with van der Waals surface area (Å²) in [5.41, 5.74) is 0.538. The van der Waals surface area contributed by atoms with Crippen LogP contribution in [0, 0.1) is 0 Å². The van der Waals surface area contributed by atoms with Gasteiger partial charge in [-0.15, -0.1) is 11.3 Å². The van der Waals surface area contributed by atoms with Gasteiger partial charge in [0.25, 0.3) is 11.8 Å². The van der Waals surface area contributed by atoms with Crippen LogP contribution in [0.4, 0.5) is 18.9 Å². The number of thiophene rings is 1. The van der Waals surface area contributed by atoms with Gasteiger partial charge in [-0.05, 0) is 41.3 Å². The number of halogens is 3. The zero-order valence-electron chi connectivity index (χ0n) is 14.3. The molecule has 0 saturated carbocycles. The van der Waals surface area contributed by atoms with Crippen LogP contribution in [0.1, 0.15) is 31.2 Å². The van der Waals surface area contributed by atoms with Crippen LogP contribution < -0.4 is 10.6 Å². The predicted molar refractivity (Wildman–Crippen MR) is 99.1 cm³/mol. The lowest BCUT2D eigenvalue weighted by atomic mass is 10.1. The summed E-state index contributed by atoms with van der Waals surface area (Å²) in [7, 11) is 0. The Hall–Kier alpha value is -3.20. The Bertz CT molecular complexity index is 970. The van der Waals surface area contributed by atoms with E-state index in [0.717, 1.165) is 23.5 Å². The summed E-state index contributed by atoms with van der Waals surface area (Å²) in [4.78, 5) is 28.8. The number of aromatic nitrogens is 1. The highest BCUT2D eigenvalue weighted by molar-refractivity contribution is 7.12. The highest BCUT2D eigenvalue weighted by Gasteiger charge is 2.29. The number of rotatable bonds is 5. The summed E-state index contributed by atoms with van der Waals surface area (Å²) in [6.07, 6.45) is -1.43. The van der Waals surface area contributed by atoms with E-state index in [2.05, 4.69) is 15.6 Å². The fourth-order valence-corrected chi connectivity index (χ4v) is 3.12. The molecule has 3 aromatic rings. The minimum absolute atomic E-state index is 0.0621. The number of nitrogens with zero attached hydrogens (tertiary/aromatic N) is 1. The second-order valence-corrected chi connectivity index (χ2v) is 6.65. The summed E-state index contributed by atoms with van der Waals surface area (Å²) in [5.74, 6) is -0.808. The van der Waals surface area contributed by atoms with Gasteiger partial charge in [-0.1, -0.05) is 12.1 Å². The van der Waals surface area contributed by atoms with E-state index in [0.29, 0.717) is 21.7 Å². The van der Waals surface area contributed by atoms with Crippen LogP contribution in [0.2, 0.25) is 0 Å². The Morgan fingerprint density at radius 3 is 2.29 bits per heavy atom. The molecule has 9 heteroatoms. The number of alkyl halides is 3. The Kier molecular flexibility index (Phi) is 5.74. The summed E-state index contributed by atoms with van der Waals surface area (Å²) in [6.45, 7) is 0.0621. The largest absolute Gasteiger partial charge is 0.416 e.